The third-order valence-electron chi connectivity index (χ3n) is 4.31. The largest absolute Gasteiger partial charge is 0.497 e. The van der Waals surface area contributed by atoms with Crippen molar-refractivity contribution in [2.24, 2.45) is 0 Å². The van der Waals surface area contributed by atoms with Crippen LogP contribution in [0.5, 0.6) is 5.75 Å². The maximum absolute atomic E-state index is 12.3. The number of carbonyl (C=O) groups is 2. The molecule has 148 valence electrons. The van der Waals surface area contributed by atoms with E-state index in [2.05, 4.69) is 10.6 Å². The van der Waals surface area contributed by atoms with Gasteiger partial charge < -0.3 is 15.4 Å². The lowest BCUT2D eigenvalue weighted by Crippen LogP contribution is -2.14. The lowest BCUT2D eigenvalue weighted by Gasteiger charge is -2.08. The third kappa shape index (κ3) is 6.09. The molecule has 5 nitrogen and oxygen atoms in total. The van der Waals surface area contributed by atoms with Gasteiger partial charge in [0.25, 0.3) is 5.91 Å². The first-order valence-corrected chi connectivity index (χ1v) is 9.51. The van der Waals surface area contributed by atoms with Crippen LogP contribution in [-0.4, -0.2) is 18.9 Å². The average molecular weight is 409 g/mol. The van der Waals surface area contributed by atoms with Crippen molar-refractivity contribution >= 4 is 34.8 Å². The number of hydrogen-bond acceptors (Lipinski definition) is 3. The molecule has 0 atom stereocenters. The van der Waals surface area contributed by atoms with Crippen LogP contribution in [0.1, 0.15) is 22.3 Å². The molecule has 0 aliphatic carbocycles. The quantitative estimate of drug-likeness (QED) is 0.566. The number of ether oxygens (including phenoxy) is 1. The first-order valence-electron chi connectivity index (χ1n) is 9.13. The van der Waals surface area contributed by atoms with Crippen molar-refractivity contribution < 1.29 is 14.3 Å². The molecule has 0 saturated carbocycles. The Morgan fingerprint density at radius 1 is 0.897 bits per heavy atom. The van der Waals surface area contributed by atoms with E-state index < -0.39 is 0 Å². The summed E-state index contributed by atoms with van der Waals surface area (Å²) in [7, 11) is 1.59. The van der Waals surface area contributed by atoms with Gasteiger partial charge in [0, 0.05) is 28.4 Å². The molecule has 0 radical (unpaired) electrons. The van der Waals surface area contributed by atoms with Crippen LogP contribution < -0.4 is 15.4 Å². The lowest BCUT2D eigenvalue weighted by molar-refractivity contribution is -0.116. The summed E-state index contributed by atoms with van der Waals surface area (Å²) >= 11 is 5.96. The van der Waals surface area contributed by atoms with Crippen molar-refractivity contribution in [2.75, 3.05) is 17.7 Å². The maximum atomic E-state index is 12.3. The Hall–Kier alpha value is -3.31. The summed E-state index contributed by atoms with van der Waals surface area (Å²) in [6.45, 7) is 0. The van der Waals surface area contributed by atoms with E-state index in [0.29, 0.717) is 34.8 Å². The van der Waals surface area contributed by atoms with Gasteiger partial charge in [-0.3, -0.25) is 9.59 Å². The molecule has 3 aromatic carbocycles. The molecule has 3 rings (SSSR count). The third-order valence-corrected chi connectivity index (χ3v) is 4.54. The van der Waals surface area contributed by atoms with Crippen LogP contribution in [0.4, 0.5) is 11.4 Å². The van der Waals surface area contributed by atoms with Gasteiger partial charge in [-0.25, -0.2) is 0 Å². The zero-order valence-corrected chi connectivity index (χ0v) is 16.7. The highest BCUT2D eigenvalue weighted by Gasteiger charge is 2.08. The predicted octanol–water partition coefficient (Wildman–Crippen LogP) is 5.17. The Balaban J connectivity index is 1.52. The average Bonchev–Trinajstić information content (AvgIpc) is 2.73. The Bertz CT molecular complexity index is 986. The zero-order valence-electron chi connectivity index (χ0n) is 15.9. The summed E-state index contributed by atoms with van der Waals surface area (Å²) in [5, 5.41) is 6.32. The summed E-state index contributed by atoms with van der Waals surface area (Å²) < 4.78 is 5.10. The number of methoxy groups -OCH3 is 1. The van der Waals surface area contributed by atoms with E-state index in [1.54, 1.807) is 61.7 Å². The van der Waals surface area contributed by atoms with E-state index in [1.807, 2.05) is 18.2 Å². The fraction of sp³-hybridized carbons (Fsp3) is 0.130. The standard InChI is InChI=1S/C23H21ClN2O3/c1-29-21-12-10-20(11-13-21)26-23(28)17-6-8-19(9-7-17)25-22(27)14-5-16-3-2-4-18(24)15-16/h2-4,6-13,15H,5,14H2,1H3,(H,25,27)(H,26,28). The van der Waals surface area contributed by atoms with Crippen molar-refractivity contribution in [2.45, 2.75) is 12.8 Å². The number of amides is 2. The Kier molecular flexibility index (Phi) is 6.87. The summed E-state index contributed by atoms with van der Waals surface area (Å²) in [4.78, 5) is 24.5. The smallest absolute Gasteiger partial charge is 0.255 e. The minimum Gasteiger partial charge on any atom is -0.497 e. The van der Waals surface area contributed by atoms with Crippen LogP contribution in [0.25, 0.3) is 0 Å². The fourth-order valence-corrected chi connectivity index (χ4v) is 2.97. The molecule has 29 heavy (non-hydrogen) atoms. The number of anilines is 2. The van der Waals surface area contributed by atoms with Crippen LogP contribution in [0.3, 0.4) is 0 Å². The second kappa shape index (κ2) is 9.75. The molecule has 2 N–H and O–H groups in total. The number of benzene rings is 3. The number of hydrogen-bond donors (Lipinski definition) is 2. The molecular weight excluding hydrogens is 388 g/mol. The van der Waals surface area contributed by atoms with Crippen LogP contribution >= 0.6 is 11.6 Å². The first kappa shape index (κ1) is 20.4. The molecule has 0 aliphatic heterocycles. The summed E-state index contributed by atoms with van der Waals surface area (Å²) in [6.07, 6.45) is 0.953. The second-order valence-electron chi connectivity index (χ2n) is 6.44. The Morgan fingerprint density at radius 3 is 2.21 bits per heavy atom. The lowest BCUT2D eigenvalue weighted by atomic mass is 10.1. The Morgan fingerprint density at radius 2 is 1.55 bits per heavy atom. The van der Waals surface area contributed by atoms with E-state index in [0.717, 1.165) is 11.3 Å². The molecule has 0 bridgehead atoms. The van der Waals surface area contributed by atoms with Gasteiger partial charge in [-0.1, -0.05) is 23.7 Å². The van der Waals surface area contributed by atoms with Crippen molar-refractivity contribution in [3.63, 3.8) is 0 Å². The van der Waals surface area contributed by atoms with Gasteiger partial charge in [0.2, 0.25) is 5.91 Å². The fourth-order valence-electron chi connectivity index (χ4n) is 2.76. The molecule has 0 heterocycles. The van der Waals surface area contributed by atoms with E-state index in [9.17, 15) is 9.59 Å². The van der Waals surface area contributed by atoms with Crippen LogP contribution in [0.15, 0.2) is 72.8 Å². The van der Waals surface area contributed by atoms with E-state index in [-0.39, 0.29) is 11.8 Å². The highest BCUT2D eigenvalue weighted by Crippen LogP contribution is 2.17. The van der Waals surface area contributed by atoms with E-state index in [4.69, 9.17) is 16.3 Å². The first-order chi connectivity index (χ1) is 14.0. The summed E-state index contributed by atoms with van der Waals surface area (Å²) in [6, 6.07) is 21.3. The molecule has 0 spiro atoms. The SMILES string of the molecule is COc1ccc(NC(=O)c2ccc(NC(=O)CCc3cccc(Cl)c3)cc2)cc1. The van der Waals surface area contributed by atoms with E-state index in [1.165, 1.54) is 0 Å². The second-order valence-corrected chi connectivity index (χ2v) is 6.87. The zero-order chi connectivity index (χ0) is 20.6. The van der Waals surface area contributed by atoms with Gasteiger partial charge in [0.15, 0.2) is 0 Å². The van der Waals surface area contributed by atoms with Crippen molar-refractivity contribution in [3.8, 4) is 5.75 Å². The van der Waals surface area contributed by atoms with E-state index >= 15 is 0 Å². The minimum absolute atomic E-state index is 0.0968. The molecule has 0 fully saturated rings. The molecule has 3 aromatic rings. The summed E-state index contributed by atoms with van der Waals surface area (Å²) in [5.74, 6) is 0.396. The predicted molar refractivity (Wildman–Crippen MR) is 116 cm³/mol. The molecule has 0 saturated heterocycles. The van der Waals surface area contributed by atoms with Crippen LogP contribution in [0, 0.1) is 0 Å². The molecule has 0 aromatic heterocycles. The molecule has 0 unspecified atom stereocenters. The van der Waals surface area contributed by atoms with Gasteiger partial charge in [-0.2, -0.15) is 0 Å². The van der Waals surface area contributed by atoms with Crippen molar-refractivity contribution in [1.82, 2.24) is 0 Å². The molecule has 0 aliphatic rings. The highest BCUT2D eigenvalue weighted by atomic mass is 35.5. The monoisotopic (exact) mass is 408 g/mol. The maximum Gasteiger partial charge on any atom is 0.255 e. The van der Waals surface area contributed by atoms with Gasteiger partial charge in [-0.05, 0) is 72.6 Å². The normalized spacial score (nSPS) is 10.3. The Labute approximate surface area is 174 Å². The van der Waals surface area contributed by atoms with Crippen LogP contribution in [0.2, 0.25) is 5.02 Å². The molecular formula is C23H21ClN2O3. The highest BCUT2D eigenvalue weighted by molar-refractivity contribution is 6.30. The van der Waals surface area contributed by atoms with Gasteiger partial charge in [0.05, 0.1) is 7.11 Å². The van der Waals surface area contributed by atoms with Crippen molar-refractivity contribution in [1.29, 1.82) is 0 Å². The topological polar surface area (TPSA) is 67.4 Å². The summed E-state index contributed by atoms with van der Waals surface area (Å²) in [5.41, 5.74) is 2.83. The molecule has 2 amide bonds. The van der Waals surface area contributed by atoms with Gasteiger partial charge in [0.1, 0.15) is 5.75 Å². The van der Waals surface area contributed by atoms with Crippen LogP contribution in [-0.2, 0) is 11.2 Å². The number of nitrogens with one attached hydrogen (secondary N) is 2. The number of aryl methyl sites for hydroxylation is 1. The number of halogens is 1. The molecule has 6 heteroatoms. The minimum atomic E-state index is -0.228. The van der Waals surface area contributed by atoms with Gasteiger partial charge in [-0.15, -0.1) is 0 Å². The number of carbonyl (C=O) groups excluding carboxylic acids is 2. The van der Waals surface area contributed by atoms with Crippen molar-refractivity contribution in [3.05, 3.63) is 88.9 Å². The number of rotatable bonds is 7. The van der Waals surface area contributed by atoms with Gasteiger partial charge >= 0.3 is 0 Å².